The zero-order chi connectivity index (χ0) is 23.8. The Morgan fingerprint density at radius 2 is 1.70 bits per heavy atom. The normalized spacial score (nSPS) is 10.8. The molecule has 33 heavy (non-hydrogen) atoms. The van der Waals surface area contributed by atoms with E-state index in [1.165, 1.54) is 24.4 Å². The van der Waals surface area contributed by atoms with Gasteiger partial charge in [0, 0.05) is 15.7 Å². The molecule has 0 atom stereocenters. The van der Waals surface area contributed by atoms with Crippen LogP contribution >= 0.6 is 23.2 Å². The third kappa shape index (κ3) is 7.20. The minimum Gasteiger partial charge on any atom is -0.462 e. The third-order valence-electron chi connectivity index (χ3n) is 4.15. The summed E-state index contributed by atoms with van der Waals surface area (Å²) in [6.45, 7) is 2.05. The topological polar surface area (TPSA) is 110 Å². The van der Waals surface area contributed by atoms with E-state index in [4.69, 9.17) is 32.4 Å². The van der Waals surface area contributed by atoms with Crippen molar-refractivity contribution in [2.75, 3.05) is 11.9 Å². The average molecular weight is 488 g/mol. The van der Waals surface area contributed by atoms with Gasteiger partial charge in [0.1, 0.15) is 11.5 Å². The number of esters is 1. The van der Waals surface area contributed by atoms with Crippen molar-refractivity contribution < 1.29 is 23.5 Å². The molecule has 0 saturated carbocycles. The van der Waals surface area contributed by atoms with Crippen LogP contribution in [0, 0.1) is 0 Å². The molecule has 0 unspecified atom stereocenters. The molecule has 0 spiro atoms. The Morgan fingerprint density at radius 1 is 1.00 bits per heavy atom. The molecule has 2 N–H and O–H groups in total. The third-order valence-corrected chi connectivity index (χ3v) is 4.59. The van der Waals surface area contributed by atoms with Gasteiger partial charge in [-0.15, -0.1) is 0 Å². The van der Waals surface area contributed by atoms with Crippen molar-refractivity contribution in [2.24, 2.45) is 4.99 Å². The first-order valence-electron chi connectivity index (χ1n) is 9.79. The lowest BCUT2D eigenvalue weighted by Crippen LogP contribution is -2.34. The highest BCUT2D eigenvalue weighted by Crippen LogP contribution is 2.22. The van der Waals surface area contributed by atoms with Crippen molar-refractivity contribution in [2.45, 2.75) is 13.5 Å². The number of amides is 2. The van der Waals surface area contributed by atoms with Gasteiger partial charge in [-0.25, -0.2) is 4.79 Å². The molecule has 1 aromatic heterocycles. The molecule has 170 valence electrons. The maximum atomic E-state index is 12.0. The fourth-order valence-electron chi connectivity index (χ4n) is 2.66. The van der Waals surface area contributed by atoms with E-state index in [9.17, 15) is 14.4 Å². The molecule has 0 aliphatic heterocycles. The number of hydrogen-bond donors (Lipinski definition) is 2. The van der Waals surface area contributed by atoms with Crippen LogP contribution in [0.25, 0.3) is 0 Å². The molecule has 3 aromatic rings. The van der Waals surface area contributed by atoms with Gasteiger partial charge in [0.2, 0.25) is 0 Å². The first-order chi connectivity index (χ1) is 15.8. The number of nitrogens with zero attached hydrogens (tertiary/aromatic N) is 1. The Morgan fingerprint density at radius 3 is 2.36 bits per heavy atom. The van der Waals surface area contributed by atoms with Crippen LogP contribution < -0.4 is 10.6 Å². The van der Waals surface area contributed by atoms with E-state index in [0.29, 0.717) is 45.1 Å². The lowest BCUT2D eigenvalue weighted by Gasteiger charge is -2.06. The highest BCUT2D eigenvalue weighted by Gasteiger charge is 2.15. The molecule has 1 heterocycles. The van der Waals surface area contributed by atoms with Gasteiger partial charge < -0.3 is 19.8 Å². The summed E-state index contributed by atoms with van der Waals surface area (Å²) in [6, 6.07) is 14.4. The van der Waals surface area contributed by atoms with Crippen molar-refractivity contribution in [3.8, 4) is 0 Å². The standard InChI is InChI=1S/C23H19Cl2N3O5/c1-2-32-23(31)14-3-5-17(6-4-14)26-12-19-7-8-20(33-19)13-27-21(29)22(30)28-18-10-15(24)9-16(25)11-18/h3-12H,2,13H2,1H3,(H,27,29)(H,28,30). The highest BCUT2D eigenvalue weighted by atomic mass is 35.5. The SMILES string of the molecule is CCOC(=O)c1ccc(N=Cc2ccc(CNC(=O)C(=O)Nc3cc(Cl)cc(Cl)c3)o2)cc1. The van der Waals surface area contributed by atoms with Crippen molar-refractivity contribution in [1.82, 2.24) is 5.32 Å². The van der Waals surface area contributed by atoms with E-state index in [1.54, 1.807) is 43.3 Å². The van der Waals surface area contributed by atoms with Gasteiger partial charge in [0.15, 0.2) is 0 Å². The summed E-state index contributed by atoms with van der Waals surface area (Å²) in [7, 11) is 0. The van der Waals surface area contributed by atoms with Gasteiger partial charge in [-0.3, -0.25) is 14.6 Å². The predicted octanol–water partition coefficient (Wildman–Crippen LogP) is 4.77. The molecule has 0 aliphatic rings. The molecule has 0 aliphatic carbocycles. The largest absolute Gasteiger partial charge is 0.462 e. The van der Waals surface area contributed by atoms with Crippen LogP contribution in [-0.2, 0) is 20.9 Å². The summed E-state index contributed by atoms with van der Waals surface area (Å²) < 4.78 is 10.5. The summed E-state index contributed by atoms with van der Waals surface area (Å²) >= 11 is 11.7. The fraction of sp³-hybridized carbons (Fsp3) is 0.130. The summed E-state index contributed by atoms with van der Waals surface area (Å²) in [5, 5.41) is 5.55. The van der Waals surface area contributed by atoms with Crippen molar-refractivity contribution in [3.63, 3.8) is 0 Å². The molecule has 0 fully saturated rings. The Hall–Kier alpha value is -3.62. The number of carbonyl (C=O) groups is 3. The molecule has 8 nitrogen and oxygen atoms in total. The number of aliphatic imine (C=N–C) groups is 1. The van der Waals surface area contributed by atoms with Crippen molar-refractivity contribution >= 4 is 58.6 Å². The Bertz CT molecular complexity index is 1170. The smallest absolute Gasteiger partial charge is 0.338 e. The van der Waals surface area contributed by atoms with E-state index in [1.807, 2.05) is 0 Å². The van der Waals surface area contributed by atoms with Gasteiger partial charge in [-0.05, 0) is 61.5 Å². The van der Waals surface area contributed by atoms with Crippen LogP contribution in [0.2, 0.25) is 10.0 Å². The molecule has 2 amide bonds. The Kier molecular flexibility index (Phi) is 8.23. The predicted molar refractivity (Wildman–Crippen MR) is 125 cm³/mol. The number of halogens is 2. The van der Waals surface area contributed by atoms with Crippen LogP contribution in [-0.4, -0.2) is 30.6 Å². The zero-order valence-corrected chi connectivity index (χ0v) is 18.9. The Balaban J connectivity index is 1.51. The van der Waals surface area contributed by atoms with Gasteiger partial charge in [-0.1, -0.05) is 23.2 Å². The second-order valence-electron chi connectivity index (χ2n) is 6.62. The fourth-order valence-corrected chi connectivity index (χ4v) is 3.18. The monoisotopic (exact) mass is 487 g/mol. The molecule has 3 rings (SSSR count). The van der Waals surface area contributed by atoms with Crippen LogP contribution in [0.1, 0.15) is 28.8 Å². The van der Waals surface area contributed by atoms with Crippen molar-refractivity contribution in [1.29, 1.82) is 0 Å². The van der Waals surface area contributed by atoms with E-state index in [-0.39, 0.29) is 6.54 Å². The minimum absolute atomic E-state index is 0.00460. The zero-order valence-electron chi connectivity index (χ0n) is 17.4. The van der Waals surface area contributed by atoms with Crippen molar-refractivity contribution in [3.05, 3.63) is 81.7 Å². The lowest BCUT2D eigenvalue weighted by atomic mass is 10.2. The number of anilines is 1. The number of benzene rings is 2. The quantitative estimate of drug-likeness (QED) is 0.283. The maximum absolute atomic E-state index is 12.0. The number of hydrogen-bond acceptors (Lipinski definition) is 6. The number of furan rings is 1. The van der Waals surface area contributed by atoms with E-state index < -0.39 is 17.8 Å². The van der Waals surface area contributed by atoms with E-state index in [0.717, 1.165) is 0 Å². The highest BCUT2D eigenvalue weighted by molar-refractivity contribution is 6.40. The molecular weight excluding hydrogens is 469 g/mol. The summed E-state index contributed by atoms with van der Waals surface area (Å²) in [5.41, 5.74) is 1.36. The average Bonchev–Trinajstić information content (AvgIpc) is 3.23. The lowest BCUT2D eigenvalue weighted by molar-refractivity contribution is -0.136. The molecule has 2 aromatic carbocycles. The molecular formula is C23H19Cl2N3O5. The first-order valence-corrected chi connectivity index (χ1v) is 10.5. The second-order valence-corrected chi connectivity index (χ2v) is 7.50. The number of ether oxygens (including phenoxy) is 1. The second kappa shape index (κ2) is 11.3. The van der Waals surface area contributed by atoms with Crippen LogP contribution in [0.5, 0.6) is 0 Å². The summed E-state index contributed by atoms with van der Waals surface area (Å²) in [5.74, 6) is -1.23. The number of nitrogens with one attached hydrogen (secondary N) is 2. The molecule has 0 saturated heterocycles. The summed E-state index contributed by atoms with van der Waals surface area (Å²) in [4.78, 5) is 40.0. The number of rotatable bonds is 7. The van der Waals surface area contributed by atoms with Gasteiger partial charge in [0.25, 0.3) is 0 Å². The molecule has 0 bridgehead atoms. The van der Waals surface area contributed by atoms with Crippen LogP contribution in [0.3, 0.4) is 0 Å². The first kappa shape index (κ1) is 24.0. The van der Waals surface area contributed by atoms with Gasteiger partial charge in [-0.2, -0.15) is 0 Å². The number of carbonyl (C=O) groups excluding carboxylic acids is 3. The van der Waals surface area contributed by atoms with Gasteiger partial charge in [0.05, 0.1) is 30.6 Å². The molecule has 10 heteroatoms. The maximum Gasteiger partial charge on any atom is 0.338 e. The van der Waals surface area contributed by atoms with Crippen LogP contribution in [0.15, 0.2) is 64.0 Å². The molecule has 0 radical (unpaired) electrons. The van der Waals surface area contributed by atoms with E-state index in [2.05, 4.69) is 15.6 Å². The minimum atomic E-state index is -0.868. The van der Waals surface area contributed by atoms with Gasteiger partial charge >= 0.3 is 17.8 Å². The van der Waals surface area contributed by atoms with E-state index >= 15 is 0 Å². The van der Waals surface area contributed by atoms with Crippen LogP contribution in [0.4, 0.5) is 11.4 Å². The Labute approximate surface area is 199 Å². The summed E-state index contributed by atoms with van der Waals surface area (Å²) in [6.07, 6.45) is 1.50.